The van der Waals surface area contributed by atoms with Crippen molar-refractivity contribution in [1.82, 2.24) is 4.90 Å². The lowest BCUT2D eigenvalue weighted by atomic mass is 10.0. The number of ketones is 1. The Kier molecular flexibility index (Phi) is 5.55. The van der Waals surface area contributed by atoms with Crippen molar-refractivity contribution in [2.75, 3.05) is 14.2 Å². The number of carbonyl (C=O) groups excluding carboxylic acids is 2. The molecule has 0 aliphatic heterocycles. The van der Waals surface area contributed by atoms with Gasteiger partial charge in [-0.05, 0) is 43.5 Å². The number of nitrogens with zero attached hydrogens (tertiary/aromatic N) is 1. The van der Waals surface area contributed by atoms with E-state index in [1.165, 1.54) is 6.92 Å². The fraction of sp³-hybridized carbons (Fsp3) is 0.333. The van der Waals surface area contributed by atoms with Gasteiger partial charge in [-0.1, -0.05) is 6.07 Å². The molecule has 0 saturated carbocycles. The number of hydrogen-bond acceptors (Lipinski definition) is 4. The van der Waals surface area contributed by atoms with Crippen LogP contribution in [0.3, 0.4) is 0 Å². The fourth-order valence-corrected chi connectivity index (χ4v) is 3.19. The smallest absolute Gasteiger partial charge is 0.227 e. The molecule has 122 valence electrons. The van der Waals surface area contributed by atoms with Gasteiger partial charge in [-0.15, -0.1) is 11.3 Å². The van der Waals surface area contributed by atoms with Gasteiger partial charge >= 0.3 is 0 Å². The van der Waals surface area contributed by atoms with Gasteiger partial charge in [0.15, 0.2) is 5.78 Å². The summed E-state index contributed by atoms with van der Waals surface area (Å²) in [5.41, 5.74) is 1.32. The van der Waals surface area contributed by atoms with E-state index in [4.69, 9.17) is 4.74 Å². The molecule has 0 aliphatic carbocycles. The lowest BCUT2D eigenvalue weighted by Gasteiger charge is -2.24. The minimum atomic E-state index is -0.0262. The molecule has 1 atom stereocenters. The van der Waals surface area contributed by atoms with Crippen molar-refractivity contribution in [2.45, 2.75) is 26.3 Å². The number of Topliss-reactive ketones (excluding diaryl/α,β-unsaturated/α-hetero) is 1. The Morgan fingerprint density at radius 3 is 2.61 bits per heavy atom. The quantitative estimate of drug-likeness (QED) is 0.758. The summed E-state index contributed by atoms with van der Waals surface area (Å²) < 4.78 is 5.31. The Morgan fingerprint density at radius 2 is 2.04 bits per heavy atom. The van der Waals surface area contributed by atoms with Crippen LogP contribution in [-0.4, -0.2) is 30.7 Å². The molecule has 2 aromatic rings. The van der Waals surface area contributed by atoms with Crippen molar-refractivity contribution in [3.63, 3.8) is 0 Å². The van der Waals surface area contributed by atoms with Crippen molar-refractivity contribution in [1.29, 1.82) is 0 Å². The van der Waals surface area contributed by atoms with Gasteiger partial charge in [0.05, 0.1) is 19.6 Å². The Bertz CT molecular complexity index is 694. The SMILES string of the molecule is COc1ccc(C(C)=O)cc1CC(=O)N(C)C(C)c1cccs1. The van der Waals surface area contributed by atoms with E-state index in [9.17, 15) is 9.59 Å². The summed E-state index contributed by atoms with van der Waals surface area (Å²) in [4.78, 5) is 27.0. The first kappa shape index (κ1) is 17.2. The number of ether oxygens (including phenoxy) is 1. The molecule has 0 N–H and O–H groups in total. The maximum atomic E-state index is 12.6. The molecule has 1 aromatic heterocycles. The molecule has 0 saturated heterocycles. The van der Waals surface area contributed by atoms with Crippen molar-refractivity contribution in [3.05, 3.63) is 51.7 Å². The van der Waals surface area contributed by atoms with Crippen LogP contribution >= 0.6 is 11.3 Å². The molecular weight excluding hydrogens is 310 g/mol. The highest BCUT2D eigenvalue weighted by Crippen LogP contribution is 2.26. The Morgan fingerprint density at radius 1 is 1.30 bits per heavy atom. The summed E-state index contributed by atoms with van der Waals surface area (Å²) in [6, 6.07) is 9.21. The van der Waals surface area contributed by atoms with Crippen LogP contribution in [-0.2, 0) is 11.2 Å². The van der Waals surface area contributed by atoms with E-state index in [0.717, 1.165) is 10.4 Å². The molecule has 1 amide bonds. The number of benzene rings is 1. The lowest BCUT2D eigenvalue weighted by molar-refractivity contribution is -0.131. The van der Waals surface area contributed by atoms with Crippen molar-refractivity contribution < 1.29 is 14.3 Å². The highest BCUT2D eigenvalue weighted by Gasteiger charge is 2.20. The second kappa shape index (κ2) is 7.42. The van der Waals surface area contributed by atoms with E-state index >= 15 is 0 Å². The van der Waals surface area contributed by atoms with E-state index in [-0.39, 0.29) is 24.2 Å². The Balaban J connectivity index is 2.18. The zero-order valence-corrected chi connectivity index (χ0v) is 14.6. The molecule has 0 aliphatic rings. The molecule has 0 fully saturated rings. The zero-order valence-electron chi connectivity index (χ0n) is 13.8. The van der Waals surface area contributed by atoms with Crippen LogP contribution in [0.25, 0.3) is 0 Å². The Labute approximate surface area is 140 Å². The standard InChI is InChI=1S/C18H21NO3S/c1-12(17-6-5-9-23-17)19(3)18(21)11-15-10-14(13(2)20)7-8-16(15)22-4/h5-10,12H,11H2,1-4H3. The first-order valence-electron chi connectivity index (χ1n) is 7.41. The number of methoxy groups -OCH3 is 1. The number of rotatable bonds is 6. The average Bonchev–Trinajstić information content (AvgIpc) is 3.07. The predicted molar refractivity (Wildman–Crippen MR) is 92.2 cm³/mol. The lowest BCUT2D eigenvalue weighted by Crippen LogP contribution is -2.30. The van der Waals surface area contributed by atoms with Crippen LogP contribution in [0.5, 0.6) is 5.75 Å². The van der Waals surface area contributed by atoms with Gasteiger partial charge in [0.2, 0.25) is 5.91 Å². The minimum absolute atomic E-state index is 0.00935. The van der Waals surface area contributed by atoms with Gasteiger partial charge in [-0.3, -0.25) is 9.59 Å². The van der Waals surface area contributed by atoms with Crippen LogP contribution in [0.15, 0.2) is 35.7 Å². The van der Waals surface area contributed by atoms with E-state index in [2.05, 4.69) is 0 Å². The molecule has 0 bridgehead atoms. The maximum absolute atomic E-state index is 12.6. The fourth-order valence-electron chi connectivity index (χ4n) is 2.36. The molecule has 1 heterocycles. The van der Waals surface area contributed by atoms with Gasteiger partial charge in [0, 0.05) is 23.1 Å². The summed E-state index contributed by atoms with van der Waals surface area (Å²) in [5, 5.41) is 2.00. The first-order valence-corrected chi connectivity index (χ1v) is 8.29. The molecule has 2 rings (SSSR count). The predicted octanol–water partition coefficient (Wildman–Crippen LogP) is 3.72. The summed E-state index contributed by atoms with van der Waals surface area (Å²) in [6.45, 7) is 3.52. The third kappa shape index (κ3) is 3.99. The van der Waals surface area contributed by atoms with Gasteiger partial charge in [0.25, 0.3) is 0 Å². The molecule has 1 unspecified atom stereocenters. The van der Waals surface area contributed by atoms with E-state index in [0.29, 0.717) is 11.3 Å². The molecule has 0 spiro atoms. The molecule has 23 heavy (non-hydrogen) atoms. The van der Waals surface area contributed by atoms with Crippen LogP contribution in [0.4, 0.5) is 0 Å². The van der Waals surface area contributed by atoms with Gasteiger partial charge in [-0.25, -0.2) is 0 Å². The monoisotopic (exact) mass is 331 g/mol. The number of carbonyl (C=O) groups is 2. The topological polar surface area (TPSA) is 46.6 Å². The second-order valence-corrected chi connectivity index (χ2v) is 6.43. The van der Waals surface area contributed by atoms with Gasteiger partial charge in [-0.2, -0.15) is 0 Å². The van der Waals surface area contributed by atoms with E-state index < -0.39 is 0 Å². The third-order valence-electron chi connectivity index (χ3n) is 3.96. The van der Waals surface area contributed by atoms with Crippen LogP contribution in [0.2, 0.25) is 0 Å². The summed E-state index contributed by atoms with van der Waals surface area (Å²) in [7, 11) is 3.36. The van der Waals surface area contributed by atoms with Crippen LogP contribution in [0.1, 0.15) is 40.7 Å². The van der Waals surface area contributed by atoms with Crippen molar-refractivity contribution >= 4 is 23.0 Å². The number of amides is 1. The van der Waals surface area contributed by atoms with Crippen molar-refractivity contribution in [2.24, 2.45) is 0 Å². The normalized spacial score (nSPS) is 11.8. The molecule has 1 aromatic carbocycles. The summed E-state index contributed by atoms with van der Waals surface area (Å²) >= 11 is 1.63. The Hall–Kier alpha value is -2.14. The largest absolute Gasteiger partial charge is 0.496 e. The third-order valence-corrected chi connectivity index (χ3v) is 5.00. The van der Waals surface area contributed by atoms with Crippen molar-refractivity contribution in [3.8, 4) is 5.75 Å². The zero-order chi connectivity index (χ0) is 17.0. The maximum Gasteiger partial charge on any atom is 0.227 e. The number of hydrogen-bond donors (Lipinski definition) is 0. The highest BCUT2D eigenvalue weighted by molar-refractivity contribution is 7.10. The highest BCUT2D eigenvalue weighted by atomic mass is 32.1. The molecule has 0 radical (unpaired) electrons. The summed E-state index contributed by atoms with van der Waals surface area (Å²) in [5.74, 6) is 0.590. The summed E-state index contributed by atoms with van der Waals surface area (Å²) in [6.07, 6.45) is 0.205. The van der Waals surface area contributed by atoms with E-state index in [1.807, 2.05) is 24.4 Å². The van der Waals surface area contributed by atoms with Gasteiger partial charge < -0.3 is 9.64 Å². The van der Waals surface area contributed by atoms with Crippen LogP contribution in [0, 0.1) is 0 Å². The first-order chi connectivity index (χ1) is 10.9. The van der Waals surface area contributed by atoms with Gasteiger partial charge in [0.1, 0.15) is 5.75 Å². The number of likely N-dealkylation sites (N-methyl/N-ethyl adjacent to an activating group) is 1. The molecule has 5 heteroatoms. The molecule has 4 nitrogen and oxygen atoms in total. The number of thiophene rings is 1. The minimum Gasteiger partial charge on any atom is -0.496 e. The van der Waals surface area contributed by atoms with Crippen LogP contribution < -0.4 is 4.74 Å². The van der Waals surface area contributed by atoms with E-state index in [1.54, 1.807) is 48.6 Å². The average molecular weight is 331 g/mol. The second-order valence-electron chi connectivity index (χ2n) is 5.46. The molecular formula is C18H21NO3S.